The standard InChI is InChI=1S/C24H22N4O4S/c1-3-32-23(30)20-15-33-24(25-20)26-22(29)19-14-28(13-16-7-5-4-6-8-16)27-21(19)17-9-11-18(31-2)12-10-17/h4-12,14-15H,3,13H2,1-2H3,(H,25,26,29). The summed E-state index contributed by atoms with van der Waals surface area (Å²) in [5.74, 6) is -0.184. The Balaban J connectivity index is 1.63. The molecule has 168 valence electrons. The summed E-state index contributed by atoms with van der Waals surface area (Å²) in [6, 6.07) is 17.2. The first-order valence-corrected chi connectivity index (χ1v) is 11.1. The van der Waals surface area contributed by atoms with Crippen LogP contribution in [0.1, 0.15) is 33.3 Å². The lowest BCUT2D eigenvalue weighted by molar-refractivity contribution is 0.0520. The predicted molar refractivity (Wildman–Crippen MR) is 126 cm³/mol. The first-order valence-electron chi connectivity index (χ1n) is 10.3. The Bertz CT molecular complexity index is 1250. The molecule has 9 heteroatoms. The Morgan fingerprint density at radius 2 is 1.85 bits per heavy atom. The van der Waals surface area contributed by atoms with E-state index in [-0.39, 0.29) is 18.2 Å². The summed E-state index contributed by atoms with van der Waals surface area (Å²) >= 11 is 1.16. The third-order valence-electron chi connectivity index (χ3n) is 4.77. The Hall–Kier alpha value is -3.98. The molecule has 1 amide bonds. The first kappa shape index (κ1) is 22.2. The number of ether oxygens (including phenoxy) is 2. The molecular formula is C24H22N4O4S. The highest BCUT2D eigenvalue weighted by Gasteiger charge is 2.20. The molecule has 0 unspecified atom stereocenters. The van der Waals surface area contributed by atoms with Gasteiger partial charge in [-0.25, -0.2) is 9.78 Å². The van der Waals surface area contributed by atoms with E-state index in [9.17, 15) is 9.59 Å². The van der Waals surface area contributed by atoms with Crippen molar-refractivity contribution in [3.63, 3.8) is 0 Å². The van der Waals surface area contributed by atoms with Crippen molar-refractivity contribution < 1.29 is 19.1 Å². The van der Waals surface area contributed by atoms with E-state index in [2.05, 4.69) is 15.4 Å². The fraction of sp³-hybridized carbons (Fsp3) is 0.167. The average Bonchev–Trinajstić information content (AvgIpc) is 3.47. The van der Waals surface area contributed by atoms with E-state index in [1.807, 2.05) is 54.6 Å². The second kappa shape index (κ2) is 10.1. The third-order valence-corrected chi connectivity index (χ3v) is 5.52. The van der Waals surface area contributed by atoms with E-state index in [1.165, 1.54) is 0 Å². The van der Waals surface area contributed by atoms with Crippen LogP contribution in [-0.2, 0) is 11.3 Å². The molecule has 0 aliphatic carbocycles. The van der Waals surface area contributed by atoms with Gasteiger partial charge in [0.05, 0.1) is 25.8 Å². The van der Waals surface area contributed by atoms with E-state index in [0.29, 0.717) is 28.7 Å². The minimum Gasteiger partial charge on any atom is -0.497 e. The largest absolute Gasteiger partial charge is 0.497 e. The molecule has 0 saturated carbocycles. The van der Waals surface area contributed by atoms with E-state index >= 15 is 0 Å². The van der Waals surface area contributed by atoms with Crippen molar-refractivity contribution in [1.29, 1.82) is 0 Å². The molecule has 0 fully saturated rings. The molecule has 2 heterocycles. The van der Waals surface area contributed by atoms with Crippen LogP contribution in [0.25, 0.3) is 11.3 Å². The summed E-state index contributed by atoms with van der Waals surface area (Å²) < 4.78 is 11.9. The molecule has 0 spiro atoms. The summed E-state index contributed by atoms with van der Waals surface area (Å²) in [6.45, 7) is 2.49. The zero-order valence-corrected chi connectivity index (χ0v) is 19.0. The highest BCUT2D eigenvalue weighted by atomic mass is 32.1. The molecule has 8 nitrogen and oxygen atoms in total. The number of carbonyl (C=O) groups excluding carboxylic acids is 2. The summed E-state index contributed by atoms with van der Waals surface area (Å²) in [6.07, 6.45) is 1.71. The van der Waals surface area contributed by atoms with Crippen LogP contribution in [0, 0.1) is 0 Å². The molecule has 33 heavy (non-hydrogen) atoms. The molecule has 4 rings (SSSR count). The van der Waals surface area contributed by atoms with Gasteiger partial charge in [0.2, 0.25) is 0 Å². The number of amides is 1. The molecule has 0 aliphatic rings. The van der Waals surface area contributed by atoms with Crippen molar-refractivity contribution >= 4 is 28.3 Å². The number of anilines is 1. The first-order chi connectivity index (χ1) is 16.1. The molecule has 4 aromatic rings. The molecule has 0 saturated heterocycles. The van der Waals surface area contributed by atoms with Crippen molar-refractivity contribution in [2.24, 2.45) is 0 Å². The predicted octanol–water partition coefficient (Wildman–Crippen LogP) is 4.49. The van der Waals surface area contributed by atoms with Crippen molar-refractivity contribution in [3.8, 4) is 17.0 Å². The number of carbonyl (C=O) groups is 2. The maximum Gasteiger partial charge on any atom is 0.357 e. The number of hydrogen-bond donors (Lipinski definition) is 1. The number of aromatic nitrogens is 3. The monoisotopic (exact) mass is 462 g/mol. The summed E-state index contributed by atoms with van der Waals surface area (Å²) in [4.78, 5) is 29.2. The number of methoxy groups -OCH3 is 1. The number of rotatable bonds is 8. The molecular weight excluding hydrogens is 440 g/mol. The molecule has 1 N–H and O–H groups in total. The highest BCUT2D eigenvalue weighted by molar-refractivity contribution is 7.14. The Kier molecular flexibility index (Phi) is 6.80. The van der Waals surface area contributed by atoms with Gasteiger partial charge in [-0.2, -0.15) is 5.10 Å². The summed E-state index contributed by atoms with van der Waals surface area (Å²) in [7, 11) is 1.60. The number of nitrogens with zero attached hydrogens (tertiary/aromatic N) is 3. The number of thiazole rings is 1. The third kappa shape index (κ3) is 5.27. The maximum atomic E-state index is 13.2. The number of benzene rings is 2. The van der Waals surface area contributed by atoms with Gasteiger partial charge >= 0.3 is 5.97 Å². The molecule has 2 aromatic heterocycles. The van der Waals surface area contributed by atoms with Crippen molar-refractivity contribution in [2.45, 2.75) is 13.5 Å². The van der Waals surface area contributed by atoms with E-state index in [1.54, 1.807) is 30.3 Å². The Morgan fingerprint density at radius 3 is 2.55 bits per heavy atom. The SMILES string of the molecule is CCOC(=O)c1csc(NC(=O)c2cn(Cc3ccccc3)nc2-c2ccc(OC)cc2)n1. The number of nitrogens with one attached hydrogen (secondary N) is 1. The number of hydrogen-bond acceptors (Lipinski definition) is 7. The maximum absolute atomic E-state index is 13.2. The Morgan fingerprint density at radius 1 is 1.09 bits per heavy atom. The van der Waals surface area contributed by atoms with Gasteiger partial charge in [0, 0.05) is 17.1 Å². The highest BCUT2D eigenvalue weighted by Crippen LogP contribution is 2.26. The van der Waals surface area contributed by atoms with Gasteiger partial charge in [0.15, 0.2) is 10.8 Å². The molecule has 0 bridgehead atoms. The van der Waals surface area contributed by atoms with Gasteiger partial charge in [-0.15, -0.1) is 11.3 Å². The molecule has 2 aromatic carbocycles. The zero-order chi connectivity index (χ0) is 23.2. The number of esters is 1. The van der Waals surface area contributed by atoms with Crippen molar-refractivity contribution in [1.82, 2.24) is 14.8 Å². The van der Waals surface area contributed by atoms with Crippen molar-refractivity contribution in [2.75, 3.05) is 19.0 Å². The van der Waals surface area contributed by atoms with Crippen LogP contribution in [0.5, 0.6) is 5.75 Å². The van der Waals surface area contributed by atoms with E-state index < -0.39 is 5.97 Å². The average molecular weight is 463 g/mol. The van der Waals surface area contributed by atoms with Crippen LogP contribution < -0.4 is 10.1 Å². The fourth-order valence-electron chi connectivity index (χ4n) is 3.20. The minimum atomic E-state index is -0.524. The molecule has 0 aliphatic heterocycles. The van der Waals surface area contributed by atoms with E-state index in [0.717, 1.165) is 22.5 Å². The van der Waals surface area contributed by atoms with Gasteiger partial charge < -0.3 is 9.47 Å². The van der Waals surface area contributed by atoms with Gasteiger partial charge in [0.25, 0.3) is 5.91 Å². The lowest BCUT2D eigenvalue weighted by Gasteiger charge is -2.04. The second-order valence-corrected chi connectivity index (χ2v) is 7.87. The van der Waals surface area contributed by atoms with E-state index in [4.69, 9.17) is 9.47 Å². The van der Waals surface area contributed by atoms with Crippen LogP contribution in [0.15, 0.2) is 66.2 Å². The van der Waals surface area contributed by atoms with Crippen molar-refractivity contribution in [3.05, 3.63) is 83.0 Å². The van der Waals surface area contributed by atoms with Gasteiger partial charge in [-0.1, -0.05) is 30.3 Å². The molecule has 0 radical (unpaired) electrons. The smallest absolute Gasteiger partial charge is 0.357 e. The normalized spacial score (nSPS) is 10.6. The molecule has 0 atom stereocenters. The lowest BCUT2D eigenvalue weighted by atomic mass is 10.1. The van der Waals surface area contributed by atoms with Gasteiger partial charge in [-0.3, -0.25) is 14.8 Å². The second-order valence-electron chi connectivity index (χ2n) is 7.02. The topological polar surface area (TPSA) is 95.3 Å². The van der Waals surface area contributed by atoms with Crippen LogP contribution in [0.2, 0.25) is 0 Å². The van der Waals surface area contributed by atoms with Gasteiger partial charge in [-0.05, 0) is 36.8 Å². The Labute approximate surface area is 194 Å². The van der Waals surface area contributed by atoms with Crippen LogP contribution in [0.3, 0.4) is 0 Å². The lowest BCUT2D eigenvalue weighted by Crippen LogP contribution is -2.13. The van der Waals surface area contributed by atoms with Crippen LogP contribution >= 0.6 is 11.3 Å². The van der Waals surface area contributed by atoms with Gasteiger partial charge in [0.1, 0.15) is 11.4 Å². The quantitative estimate of drug-likeness (QED) is 0.388. The summed E-state index contributed by atoms with van der Waals surface area (Å²) in [5, 5.41) is 9.30. The minimum absolute atomic E-state index is 0.160. The van der Waals surface area contributed by atoms with Crippen LogP contribution in [0.4, 0.5) is 5.13 Å². The fourth-order valence-corrected chi connectivity index (χ4v) is 3.87. The van der Waals surface area contributed by atoms with Crippen LogP contribution in [-0.4, -0.2) is 40.4 Å². The zero-order valence-electron chi connectivity index (χ0n) is 18.1. The summed E-state index contributed by atoms with van der Waals surface area (Å²) in [5.41, 5.74) is 2.93.